The van der Waals surface area contributed by atoms with Crippen LogP contribution in [0.15, 0.2) is 54.7 Å². The van der Waals surface area contributed by atoms with Gasteiger partial charge in [0, 0.05) is 21.9 Å². The number of ether oxygens (including phenoxy) is 1. The van der Waals surface area contributed by atoms with Crippen LogP contribution >= 0.6 is 23.2 Å². The van der Waals surface area contributed by atoms with Crippen LogP contribution in [0.3, 0.4) is 0 Å². The van der Waals surface area contributed by atoms with Crippen LogP contribution in [0, 0.1) is 0 Å². The highest BCUT2D eigenvalue weighted by atomic mass is 35.5. The van der Waals surface area contributed by atoms with Crippen molar-refractivity contribution in [3.05, 3.63) is 64.8 Å². The van der Waals surface area contributed by atoms with Gasteiger partial charge < -0.3 is 15.4 Å². The predicted octanol–water partition coefficient (Wildman–Crippen LogP) is 5.28. The monoisotopic (exact) mass is 360 g/mol. The van der Waals surface area contributed by atoms with Crippen LogP contribution in [0.25, 0.3) is 0 Å². The highest BCUT2D eigenvalue weighted by molar-refractivity contribution is 6.31. The summed E-state index contributed by atoms with van der Waals surface area (Å²) in [5, 5.41) is 7.57. The van der Waals surface area contributed by atoms with Crippen molar-refractivity contribution >= 4 is 46.3 Å². The highest BCUT2D eigenvalue weighted by Gasteiger charge is 2.06. The fraction of sp³-hybridized carbons (Fsp3) is 0.0588. The normalized spacial score (nSPS) is 10.3. The Morgan fingerprint density at radius 1 is 0.917 bits per heavy atom. The summed E-state index contributed by atoms with van der Waals surface area (Å²) in [7, 11) is 1.60. The molecule has 0 aliphatic heterocycles. The zero-order valence-corrected chi connectivity index (χ0v) is 14.3. The van der Waals surface area contributed by atoms with E-state index in [9.17, 15) is 0 Å². The largest absolute Gasteiger partial charge is 0.495 e. The van der Waals surface area contributed by atoms with Gasteiger partial charge in [0.1, 0.15) is 11.6 Å². The second-order valence-electron chi connectivity index (χ2n) is 4.87. The van der Waals surface area contributed by atoms with Crippen molar-refractivity contribution in [2.24, 2.45) is 0 Å². The van der Waals surface area contributed by atoms with Gasteiger partial charge >= 0.3 is 0 Å². The average Bonchev–Trinajstić information content (AvgIpc) is 2.58. The van der Waals surface area contributed by atoms with Gasteiger partial charge in [0.05, 0.1) is 12.8 Å². The Bertz CT molecular complexity index is 840. The van der Waals surface area contributed by atoms with E-state index in [4.69, 9.17) is 27.9 Å². The van der Waals surface area contributed by atoms with Crippen molar-refractivity contribution in [3.8, 4) is 5.75 Å². The number of anilines is 4. The van der Waals surface area contributed by atoms with E-state index in [1.165, 1.54) is 0 Å². The Hall–Kier alpha value is -2.50. The molecule has 0 amide bonds. The molecule has 1 aromatic heterocycles. The molecule has 0 atom stereocenters. The molecule has 0 spiro atoms. The van der Waals surface area contributed by atoms with Gasteiger partial charge in [0.15, 0.2) is 0 Å². The number of hydrogen-bond acceptors (Lipinski definition) is 5. The lowest BCUT2D eigenvalue weighted by molar-refractivity contribution is 0.417. The van der Waals surface area contributed by atoms with Crippen molar-refractivity contribution in [3.63, 3.8) is 0 Å². The van der Waals surface area contributed by atoms with Gasteiger partial charge in [0.2, 0.25) is 5.95 Å². The fourth-order valence-electron chi connectivity index (χ4n) is 2.07. The molecule has 0 saturated carbocycles. The van der Waals surface area contributed by atoms with Crippen LogP contribution in [0.1, 0.15) is 0 Å². The number of hydrogen-bond donors (Lipinski definition) is 2. The number of nitrogens with zero attached hydrogens (tertiary/aromatic N) is 2. The second kappa shape index (κ2) is 7.38. The first kappa shape index (κ1) is 16.4. The van der Waals surface area contributed by atoms with Gasteiger partial charge in [-0.05, 0) is 48.5 Å². The van der Waals surface area contributed by atoms with Gasteiger partial charge in [-0.25, -0.2) is 4.98 Å². The Labute approximate surface area is 149 Å². The number of halogens is 2. The zero-order valence-electron chi connectivity index (χ0n) is 12.8. The van der Waals surface area contributed by atoms with Gasteiger partial charge in [-0.3, -0.25) is 0 Å². The zero-order chi connectivity index (χ0) is 16.9. The molecule has 122 valence electrons. The summed E-state index contributed by atoms with van der Waals surface area (Å²) in [6.45, 7) is 0. The Morgan fingerprint density at radius 3 is 2.42 bits per heavy atom. The molecule has 3 aromatic rings. The smallest absolute Gasteiger partial charge is 0.229 e. The molecule has 0 unspecified atom stereocenters. The minimum atomic E-state index is 0.461. The summed E-state index contributed by atoms with van der Waals surface area (Å²) >= 11 is 11.9. The van der Waals surface area contributed by atoms with Crippen LogP contribution < -0.4 is 15.4 Å². The standard InChI is InChI=1S/C17H14Cl2N4O/c1-24-15-7-4-12(19)10-14(15)22-16-8-9-20-17(23-16)21-13-5-2-11(18)3-6-13/h2-10H,1H3,(H2,20,21,22,23). The van der Waals surface area contributed by atoms with Crippen molar-refractivity contribution in [1.29, 1.82) is 0 Å². The molecule has 5 nitrogen and oxygen atoms in total. The van der Waals surface area contributed by atoms with Crippen LogP contribution in [0.5, 0.6) is 5.75 Å². The number of methoxy groups -OCH3 is 1. The van der Waals surface area contributed by atoms with Gasteiger partial charge in [-0.1, -0.05) is 23.2 Å². The predicted molar refractivity (Wildman–Crippen MR) is 98.1 cm³/mol. The van der Waals surface area contributed by atoms with E-state index in [-0.39, 0.29) is 0 Å². The van der Waals surface area contributed by atoms with E-state index >= 15 is 0 Å². The third-order valence-electron chi connectivity index (χ3n) is 3.18. The van der Waals surface area contributed by atoms with Crippen molar-refractivity contribution in [1.82, 2.24) is 9.97 Å². The van der Waals surface area contributed by atoms with Gasteiger partial charge in [0.25, 0.3) is 0 Å². The summed E-state index contributed by atoms with van der Waals surface area (Å²) in [5.41, 5.74) is 1.57. The van der Waals surface area contributed by atoms with Crippen LogP contribution in [-0.2, 0) is 0 Å². The maximum Gasteiger partial charge on any atom is 0.229 e. The Balaban J connectivity index is 1.80. The third-order valence-corrected chi connectivity index (χ3v) is 3.67. The molecule has 0 saturated heterocycles. The average molecular weight is 361 g/mol. The molecular formula is C17H14Cl2N4O. The number of benzene rings is 2. The lowest BCUT2D eigenvalue weighted by Gasteiger charge is -2.12. The molecular weight excluding hydrogens is 347 g/mol. The summed E-state index contributed by atoms with van der Waals surface area (Å²) in [4.78, 5) is 8.63. The number of nitrogens with one attached hydrogen (secondary N) is 2. The quantitative estimate of drug-likeness (QED) is 0.648. The van der Waals surface area contributed by atoms with E-state index in [2.05, 4.69) is 20.6 Å². The van der Waals surface area contributed by atoms with Crippen molar-refractivity contribution in [2.75, 3.05) is 17.7 Å². The minimum Gasteiger partial charge on any atom is -0.495 e. The molecule has 24 heavy (non-hydrogen) atoms. The maximum atomic E-state index is 6.04. The molecule has 0 aliphatic carbocycles. The van der Waals surface area contributed by atoms with E-state index in [1.54, 1.807) is 49.7 Å². The first-order valence-electron chi connectivity index (χ1n) is 7.10. The molecule has 0 bridgehead atoms. The van der Waals surface area contributed by atoms with Crippen molar-refractivity contribution in [2.45, 2.75) is 0 Å². The third kappa shape index (κ3) is 4.07. The molecule has 2 N–H and O–H groups in total. The van der Waals surface area contributed by atoms with E-state index in [0.29, 0.717) is 27.6 Å². The summed E-state index contributed by atoms with van der Waals surface area (Å²) in [6, 6.07) is 14.4. The Morgan fingerprint density at radius 2 is 1.67 bits per heavy atom. The first-order chi connectivity index (χ1) is 11.6. The SMILES string of the molecule is COc1ccc(Cl)cc1Nc1ccnc(Nc2ccc(Cl)cc2)n1. The molecule has 0 radical (unpaired) electrons. The van der Waals surface area contributed by atoms with Crippen LogP contribution in [0.2, 0.25) is 10.0 Å². The van der Waals surface area contributed by atoms with E-state index in [0.717, 1.165) is 11.4 Å². The van der Waals surface area contributed by atoms with Crippen LogP contribution in [-0.4, -0.2) is 17.1 Å². The maximum absolute atomic E-state index is 6.04. The van der Waals surface area contributed by atoms with Crippen LogP contribution in [0.4, 0.5) is 23.1 Å². The molecule has 1 heterocycles. The second-order valence-corrected chi connectivity index (χ2v) is 5.74. The van der Waals surface area contributed by atoms with E-state index < -0.39 is 0 Å². The molecule has 0 fully saturated rings. The summed E-state index contributed by atoms with van der Waals surface area (Å²) in [5.74, 6) is 1.75. The summed E-state index contributed by atoms with van der Waals surface area (Å²) < 4.78 is 5.32. The Kier molecular flexibility index (Phi) is 5.03. The highest BCUT2D eigenvalue weighted by Crippen LogP contribution is 2.30. The lowest BCUT2D eigenvalue weighted by Crippen LogP contribution is -2.01. The molecule has 0 aliphatic rings. The van der Waals surface area contributed by atoms with E-state index in [1.807, 2.05) is 12.1 Å². The first-order valence-corrected chi connectivity index (χ1v) is 7.86. The van der Waals surface area contributed by atoms with Gasteiger partial charge in [-0.15, -0.1) is 0 Å². The molecule has 2 aromatic carbocycles. The van der Waals surface area contributed by atoms with Crippen molar-refractivity contribution < 1.29 is 4.74 Å². The number of aromatic nitrogens is 2. The van der Waals surface area contributed by atoms with Gasteiger partial charge in [-0.2, -0.15) is 4.98 Å². The fourth-order valence-corrected chi connectivity index (χ4v) is 2.36. The number of rotatable bonds is 5. The molecule has 3 rings (SSSR count). The summed E-state index contributed by atoms with van der Waals surface area (Å²) in [6.07, 6.45) is 1.66. The lowest BCUT2D eigenvalue weighted by atomic mass is 10.3. The molecule has 7 heteroatoms. The topological polar surface area (TPSA) is 59.1 Å². The minimum absolute atomic E-state index is 0.461.